The minimum atomic E-state index is -0.880. The maximum absolute atomic E-state index is 11.9. The zero-order valence-electron chi connectivity index (χ0n) is 17.0. The number of benzene rings is 2. The Morgan fingerprint density at radius 2 is 1.87 bits per heavy atom. The molecule has 2 aliphatic heterocycles. The fraction of sp³-hybridized carbons (Fsp3) is 0.391. The fourth-order valence-electron chi connectivity index (χ4n) is 4.33. The number of hydrogen-bond acceptors (Lipinski definition) is 4. The first-order valence-corrected chi connectivity index (χ1v) is 10.2. The average Bonchev–Trinajstić information content (AvgIpc) is 2.99. The third-order valence-corrected chi connectivity index (χ3v) is 6.09. The Hall–Kier alpha value is -3.22. The topological polar surface area (TPSA) is 88.1 Å². The van der Waals surface area contributed by atoms with Crippen LogP contribution in [0.3, 0.4) is 0 Å². The second-order valence-corrected chi connectivity index (χ2v) is 7.80. The Balaban J connectivity index is 1.52. The molecule has 0 spiro atoms. The zero-order chi connectivity index (χ0) is 21.1. The Morgan fingerprint density at radius 1 is 1.13 bits per heavy atom. The number of carbonyl (C=O) groups is 2. The van der Waals surface area contributed by atoms with E-state index in [2.05, 4.69) is 5.32 Å². The molecular weight excluding hydrogens is 384 g/mol. The van der Waals surface area contributed by atoms with Gasteiger partial charge in [0, 0.05) is 31.1 Å². The summed E-state index contributed by atoms with van der Waals surface area (Å²) in [5.41, 5.74) is 2.80. The van der Waals surface area contributed by atoms with Crippen molar-refractivity contribution in [2.45, 2.75) is 25.3 Å². The van der Waals surface area contributed by atoms with E-state index in [-0.39, 0.29) is 17.7 Å². The second kappa shape index (κ2) is 8.65. The molecule has 0 unspecified atom stereocenters. The molecule has 7 heteroatoms. The van der Waals surface area contributed by atoms with Crippen LogP contribution in [0.4, 0.5) is 4.79 Å². The molecule has 1 saturated heterocycles. The van der Waals surface area contributed by atoms with Crippen LogP contribution in [0.5, 0.6) is 11.5 Å². The van der Waals surface area contributed by atoms with Gasteiger partial charge >= 0.3 is 6.09 Å². The van der Waals surface area contributed by atoms with Crippen LogP contribution >= 0.6 is 0 Å². The fourth-order valence-corrected chi connectivity index (χ4v) is 4.33. The molecule has 0 aliphatic carbocycles. The van der Waals surface area contributed by atoms with Crippen molar-refractivity contribution in [3.8, 4) is 11.5 Å². The van der Waals surface area contributed by atoms with Gasteiger partial charge in [0.2, 0.25) is 0 Å². The molecule has 2 amide bonds. The summed E-state index contributed by atoms with van der Waals surface area (Å²) < 4.78 is 11.4. The lowest BCUT2D eigenvalue weighted by Crippen LogP contribution is -2.30. The van der Waals surface area contributed by atoms with E-state index in [1.54, 1.807) is 13.2 Å². The van der Waals surface area contributed by atoms with Gasteiger partial charge in [-0.1, -0.05) is 18.2 Å². The number of carbonyl (C=O) groups excluding carboxylic acids is 1. The average molecular weight is 410 g/mol. The van der Waals surface area contributed by atoms with Crippen molar-refractivity contribution in [3.63, 3.8) is 0 Å². The van der Waals surface area contributed by atoms with Crippen LogP contribution in [0, 0.1) is 5.92 Å². The summed E-state index contributed by atoms with van der Waals surface area (Å²) in [6.45, 7) is 2.01. The quantitative estimate of drug-likeness (QED) is 0.788. The van der Waals surface area contributed by atoms with E-state index in [0.29, 0.717) is 44.0 Å². The molecule has 4 rings (SSSR count). The summed E-state index contributed by atoms with van der Waals surface area (Å²) in [6, 6.07) is 13.6. The van der Waals surface area contributed by atoms with Gasteiger partial charge in [-0.05, 0) is 54.2 Å². The van der Waals surface area contributed by atoms with Gasteiger partial charge in [0.1, 0.15) is 11.5 Å². The Labute approximate surface area is 175 Å². The minimum Gasteiger partial charge on any atom is -0.497 e. The first kappa shape index (κ1) is 20.1. The normalized spacial score (nSPS) is 20.8. The summed E-state index contributed by atoms with van der Waals surface area (Å²) in [4.78, 5) is 24.9. The van der Waals surface area contributed by atoms with E-state index >= 15 is 0 Å². The lowest BCUT2D eigenvalue weighted by molar-refractivity contribution is 0.0965. The highest BCUT2D eigenvalue weighted by Crippen LogP contribution is 2.35. The molecular formula is C23H26N2O5. The van der Waals surface area contributed by atoms with Crippen molar-refractivity contribution in [3.05, 3.63) is 59.2 Å². The molecule has 2 aromatic rings. The summed E-state index contributed by atoms with van der Waals surface area (Å²) in [5, 5.41) is 12.3. The number of hydrogen-bond donors (Lipinski definition) is 2. The van der Waals surface area contributed by atoms with Gasteiger partial charge < -0.3 is 24.8 Å². The van der Waals surface area contributed by atoms with Crippen LogP contribution in [0.25, 0.3) is 0 Å². The van der Waals surface area contributed by atoms with Crippen LogP contribution in [-0.4, -0.2) is 48.8 Å². The zero-order valence-corrected chi connectivity index (χ0v) is 17.0. The molecule has 7 nitrogen and oxygen atoms in total. The van der Waals surface area contributed by atoms with Crippen molar-refractivity contribution >= 4 is 12.0 Å². The molecule has 0 aromatic heterocycles. The number of ether oxygens (including phenoxy) is 2. The van der Waals surface area contributed by atoms with E-state index in [4.69, 9.17) is 9.47 Å². The predicted octanol–water partition coefficient (Wildman–Crippen LogP) is 3.49. The van der Waals surface area contributed by atoms with Gasteiger partial charge in [-0.15, -0.1) is 0 Å². The largest absolute Gasteiger partial charge is 0.497 e. The van der Waals surface area contributed by atoms with Crippen molar-refractivity contribution in [1.29, 1.82) is 0 Å². The first-order valence-electron chi connectivity index (χ1n) is 10.2. The molecule has 0 bridgehead atoms. The summed E-state index contributed by atoms with van der Waals surface area (Å²) in [7, 11) is 1.64. The minimum absolute atomic E-state index is 0.0712. The molecule has 2 atom stereocenters. The summed E-state index contributed by atoms with van der Waals surface area (Å²) in [6.07, 6.45) is 0.572. The Bertz CT molecular complexity index is 928. The number of carboxylic acid groups (broad SMARTS) is 1. The smallest absolute Gasteiger partial charge is 0.407 e. The van der Waals surface area contributed by atoms with Crippen molar-refractivity contribution in [2.75, 3.05) is 26.8 Å². The van der Waals surface area contributed by atoms with Gasteiger partial charge in [0.25, 0.3) is 5.91 Å². The molecule has 2 aliphatic rings. The summed E-state index contributed by atoms with van der Waals surface area (Å²) >= 11 is 0. The Morgan fingerprint density at radius 3 is 2.60 bits per heavy atom. The van der Waals surface area contributed by atoms with Crippen molar-refractivity contribution in [1.82, 2.24) is 10.2 Å². The number of methoxy groups -OCH3 is 1. The number of likely N-dealkylation sites (tertiary alicyclic amines) is 1. The van der Waals surface area contributed by atoms with Crippen molar-refractivity contribution < 1.29 is 24.2 Å². The van der Waals surface area contributed by atoms with E-state index in [1.165, 1.54) is 4.90 Å². The van der Waals surface area contributed by atoms with Crippen LogP contribution < -0.4 is 14.8 Å². The SMILES string of the molecule is COc1ccc([C@H]2CCN(C(=O)O)CC[C@@H]2COc2ccc3c(c2)C(=O)NC3)cc1. The van der Waals surface area contributed by atoms with Gasteiger partial charge in [-0.2, -0.15) is 0 Å². The van der Waals surface area contributed by atoms with Gasteiger partial charge in [-0.25, -0.2) is 4.79 Å². The van der Waals surface area contributed by atoms with Gasteiger partial charge in [-0.3, -0.25) is 4.79 Å². The van der Waals surface area contributed by atoms with Crippen LogP contribution in [-0.2, 0) is 6.54 Å². The van der Waals surface area contributed by atoms with E-state index in [0.717, 1.165) is 23.3 Å². The number of nitrogens with one attached hydrogen (secondary N) is 1. The lowest BCUT2D eigenvalue weighted by atomic mass is 9.83. The molecule has 30 heavy (non-hydrogen) atoms. The highest BCUT2D eigenvalue weighted by atomic mass is 16.5. The lowest BCUT2D eigenvalue weighted by Gasteiger charge is -2.25. The van der Waals surface area contributed by atoms with E-state index < -0.39 is 6.09 Å². The number of rotatable bonds is 5. The Kier molecular flexibility index (Phi) is 5.79. The van der Waals surface area contributed by atoms with Crippen LogP contribution in [0.2, 0.25) is 0 Å². The maximum atomic E-state index is 11.9. The second-order valence-electron chi connectivity index (χ2n) is 7.80. The molecule has 0 saturated carbocycles. The molecule has 2 aromatic carbocycles. The third-order valence-electron chi connectivity index (χ3n) is 6.09. The van der Waals surface area contributed by atoms with Gasteiger partial charge in [0.05, 0.1) is 13.7 Å². The standard InChI is InChI=1S/C23H26N2O5/c1-29-18-5-2-15(3-6-18)20-9-11-25(23(27)28)10-8-17(20)14-30-19-7-4-16-13-24-22(26)21(16)12-19/h2-7,12,17,20H,8-11,13-14H2,1H3,(H,24,26)(H,27,28)/t17-,20-/m1/s1. The third kappa shape index (κ3) is 4.20. The number of nitrogens with zero attached hydrogens (tertiary/aromatic N) is 1. The maximum Gasteiger partial charge on any atom is 0.407 e. The van der Waals surface area contributed by atoms with Gasteiger partial charge in [0.15, 0.2) is 0 Å². The van der Waals surface area contributed by atoms with Crippen LogP contribution in [0.15, 0.2) is 42.5 Å². The highest BCUT2D eigenvalue weighted by molar-refractivity contribution is 5.98. The molecule has 1 fully saturated rings. The molecule has 2 heterocycles. The summed E-state index contributed by atoms with van der Waals surface area (Å²) in [5.74, 6) is 1.73. The molecule has 158 valence electrons. The molecule has 2 N–H and O–H groups in total. The van der Waals surface area contributed by atoms with Crippen molar-refractivity contribution in [2.24, 2.45) is 5.92 Å². The first-order chi connectivity index (χ1) is 14.5. The number of amides is 2. The van der Waals surface area contributed by atoms with E-state index in [9.17, 15) is 14.7 Å². The highest BCUT2D eigenvalue weighted by Gasteiger charge is 2.30. The molecule has 0 radical (unpaired) electrons. The van der Waals surface area contributed by atoms with E-state index in [1.807, 2.05) is 36.4 Å². The van der Waals surface area contributed by atoms with Crippen LogP contribution in [0.1, 0.15) is 40.2 Å². The monoisotopic (exact) mass is 410 g/mol. The predicted molar refractivity (Wildman–Crippen MR) is 111 cm³/mol. The number of fused-ring (bicyclic) bond motifs is 1.